The van der Waals surface area contributed by atoms with Crippen molar-refractivity contribution in [2.24, 2.45) is 0 Å². The highest BCUT2D eigenvalue weighted by atomic mass is 35.5. The molecule has 0 unspecified atom stereocenters. The molecule has 1 N–H and O–H groups in total. The first-order valence-electron chi connectivity index (χ1n) is 7.63. The van der Waals surface area contributed by atoms with Gasteiger partial charge in [-0.05, 0) is 50.2 Å². The van der Waals surface area contributed by atoms with Crippen molar-refractivity contribution < 1.29 is 18.4 Å². The second kappa shape index (κ2) is 8.41. The second-order valence-corrected chi connectivity index (χ2v) is 5.72. The SMILES string of the molecule is COCC1(c2nc(COc3ccc(F)cc3)no2)CCNCC1.Cl. The molecule has 0 aliphatic carbocycles. The molecule has 8 heteroatoms. The number of nitrogens with one attached hydrogen (secondary N) is 1. The Kier molecular flexibility index (Phi) is 6.53. The van der Waals surface area contributed by atoms with Crippen LogP contribution in [-0.4, -0.2) is 36.9 Å². The Hall–Kier alpha value is -1.70. The Labute approximate surface area is 146 Å². The van der Waals surface area contributed by atoms with Crippen LogP contribution < -0.4 is 10.1 Å². The van der Waals surface area contributed by atoms with Gasteiger partial charge in [-0.15, -0.1) is 12.4 Å². The van der Waals surface area contributed by atoms with Crippen molar-refractivity contribution in [3.8, 4) is 5.75 Å². The summed E-state index contributed by atoms with van der Waals surface area (Å²) < 4.78 is 29.2. The molecular weight excluding hydrogens is 337 g/mol. The molecule has 6 nitrogen and oxygen atoms in total. The van der Waals surface area contributed by atoms with Gasteiger partial charge in [0.1, 0.15) is 11.6 Å². The lowest BCUT2D eigenvalue weighted by atomic mass is 9.79. The summed E-state index contributed by atoms with van der Waals surface area (Å²) in [5, 5.41) is 7.32. The van der Waals surface area contributed by atoms with Crippen LogP contribution in [0.1, 0.15) is 24.6 Å². The third kappa shape index (κ3) is 4.23. The summed E-state index contributed by atoms with van der Waals surface area (Å²) in [6.07, 6.45) is 1.78. The predicted molar refractivity (Wildman–Crippen MR) is 87.9 cm³/mol. The molecule has 0 amide bonds. The summed E-state index contributed by atoms with van der Waals surface area (Å²) in [5.41, 5.74) is -0.235. The van der Waals surface area contributed by atoms with Crippen LogP contribution >= 0.6 is 12.4 Å². The van der Waals surface area contributed by atoms with E-state index >= 15 is 0 Å². The fourth-order valence-electron chi connectivity index (χ4n) is 2.81. The van der Waals surface area contributed by atoms with Gasteiger partial charge in [0.25, 0.3) is 0 Å². The highest BCUT2D eigenvalue weighted by Gasteiger charge is 2.39. The Morgan fingerprint density at radius 1 is 1.25 bits per heavy atom. The Bertz CT molecular complexity index is 624. The number of hydrogen-bond acceptors (Lipinski definition) is 6. The number of rotatable bonds is 6. The molecule has 0 bridgehead atoms. The zero-order valence-electron chi connectivity index (χ0n) is 13.5. The van der Waals surface area contributed by atoms with Gasteiger partial charge >= 0.3 is 0 Å². The molecule has 1 aromatic heterocycles. The molecule has 3 rings (SSSR count). The van der Waals surface area contributed by atoms with Gasteiger partial charge in [-0.3, -0.25) is 0 Å². The van der Waals surface area contributed by atoms with Crippen LogP contribution in [0, 0.1) is 5.82 Å². The number of halogens is 2. The molecule has 0 radical (unpaired) electrons. The quantitative estimate of drug-likeness (QED) is 0.856. The van der Waals surface area contributed by atoms with Crippen LogP contribution in [0.2, 0.25) is 0 Å². The molecule has 1 aliphatic rings. The van der Waals surface area contributed by atoms with E-state index in [4.69, 9.17) is 14.0 Å². The number of hydrogen-bond donors (Lipinski definition) is 1. The van der Waals surface area contributed by atoms with E-state index in [1.165, 1.54) is 12.1 Å². The van der Waals surface area contributed by atoms with Crippen LogP contribution in [0.5, 0.6) is 5.75 Å². The van der Waals surface area contributed by atoms with Crippen molar-refractivity contribution in [3.05, 3.63) is 41.8 Å². The smallest absolute Gasteiger partial charge is 0.235 e. The van der Waals surface area contributed by atoms with E-state index in [9.17, 15) is 4.39 Å². The monoisotopic (exact) mass is 357 g/mol. The van der Waals surface area contributed by atoms with E-state index in [0.29, 0.717) is 24.1 Å². The number of benzene rings is 1. The predicted octanol–water partition coefficient (Wildman–Crippen LogP) is 2.48. The average Bonchev–Trinajstić information content (AvgIpc) is 3.05. The average molecular weight is 358 g/mol. The Balaban J connectivity index is 0.00000208. The lowest BCUT2D eigenvalue weighted by Crippen LogP contribution is -2.43. The van der Waals surface area contributed by atoms with Gasteiger partial charge in [0, 0.05) is 7.11 Å². The number of ether oxygens (including phenoxy) is 2. The van der Waals surface area contributed by atoms with Gasteiger partial charge in [-0.2, -0.15) is 4.98 Å². The number of methoxy groups -OCH3 is 1. The normalized spacial score (nSPS) is 16.4. The minimum Gasteiger partial charge on any atom is -0.485 e. The van der Waals surface area contributed by atoms with Crippen LogP contribution in [0.3, 0.4) is 0 Å². The fraction of sp³-hybridized carbons (Fsp3) is 0.500. The molecule has 132 valence electrons. The summed E-state index contributed by atoms with van der Waals surface area (Å²) >= 11 is 0. The number of piperidine rings is 1. The van der Waals surface area contributed by atoms with E-state index in [1.54, 1.807) is 19.2 Å². The maximum Gasteiger partial charge on any atom is 0.235 e. The topological polar surface area (TPSA) is 69.4 Å². The molecule has 1 aliphatic heterocycles. The summed E-state index contributed by atoms with van der Waals surface area (Å²) in [6, 6.07) is 5.82. The summed E-state index contributed by atoms with van der Waals surface area (Å²) in [6.45, 7) is 2.52. The summed E-state index contributed by atoms with van der Waals surface area (Å²) in [7, 11) is 1.68. The highest BCUT2D eigenvalue weighted by Crippen LogP contribution is 2.32. The van der Waals surface area contributed by atoms with E-state index in [1.807, 2.05) is 0 Å². The van der Waals surface area contributed by atoms with Crippen LogP contribution in [0.15, 0.2) is 28.8 Å². The molecule has 2 heterocycles. The van der Waals surface area contributed by atoms with Crippen LogP contribution in [0.4, 0.5) is 4.39 Å². The molecule has 2 aromatic rings. The lowest BCUT2D eigenvalue weighted by molar-refractivity contribution is 0.0849. The van der Waals surface area contributed by atoms with Crippen molar-refractivity contribution in [2.75, 3.05) is 26.8 Å². The first-order chi connectivity index (χ1) is 11.2. The molecule has 0 atom stereocenters. The molecule has 0 spiro atoms. The molecular formula is C16H21ClFN3O3. The first kappa shape index (κ1) is 18.6. The minimum absolute atomic E-state index is 0. The van der Waals surface area contributed by atoms with Crippen molar-refractivity contribution >= 4 is 12.4 Å². The van der Waals surface area contributed by atoms with Gasteiger partial charge < -0.3 is 19.3 Å². The maximum atomic E-state index is 12.9. The van der Waals surface area contributed by atoms with E-state index in [-0.39, 0.29) is 30.2 Å². The van der Waals surface area contributed by atoms with Crippen molar-refractivity contribution in [2.45, 2.75) is 24.9 Å². The second-order valence-electron chi connectivity index (χ2n) is 5.72. The highest BCUT2D eigenvalue weighted by molar-refractivity contribution is 5.85. The van der Waals surface area contributed by atoms with Gasteiger partial charge in [0.2, 0.25) is 11.7 Å². The van der Waals surface area contributed by atoms with Gasteiger partial charge in [-0.1, -0.05) is 5.16 Å². The third-order valence-electron chi connectivity index (χ3n) is 4.08. The van der Waals surface area contributed by atoms with Crippen molar-refractivity contribution in [1.29, 1.82) is 0 Å². The van der Waals surface area contributed by atoms with E-state index < -0.39 is 0 Å². The van der Waals surface area contributed by atoms with Gasteiger partial charge in [0.15, 0.2) is 6.61 Å². The van der Waals surface area contributed by atoms with Crippen LogP contribution in [-0.2, 0) is 16.8 Å². The zero-order chi connectivity index (χ0) is 16.1. The molecule has 24 heavy (non-hydrogen) atoms. The third-order valence-corrected chi connectivity index (χ3v) is 4.08. The number of nitrogens with zero attached hydrogens (tertiary/aromatic N) is 2. The number of aromatic nitrogens is 2. The summed E-state index contributed by atoms with van der Waals surface area (Å²) in [4.78, 5) is 4.47. The van der Waals surface area contributed by atoms with E-state index in [2.05, 4.69) is 15.5 Å². The minimum atomic E-state index is -0.299. The molecule has 1 fully saturated rings. The van der Waals surface area contributed by atoms with Crippen molar-refractivity contribution in [1.82, 2.24) is 15.5 Å². The Morgan fingerprint density at radius 3 is 2.62 bits per heavy atom. The lowest BCUT2D eigenvalue weighted by Gasteiger charge is -2.33. The first-order valence-corrected chi connectivity index (χ1v) is 7.63. The summed E-state index contributed by atoms with van der Waals surface area (Å²) in [5.74, 6) is 1.33. The van der Waals surface area contributed by atoms with Crippen molar-refractivity contribution in [3.63, 3.8) is 0 Å². The fourth-order valence-corrected chi connectivity index (χ4v) is 2.81. The zero-order valence-corrected chi connectivity index (χ0v) is 14.3. The molecule has 1 saturated heterocycles. The van der Waals surface area contributed by atoms with Crippen LogP contribution in [0.25, 0.3) is 0 Å². The molecule has 0 saturated carbocycles. The van der Waals surface area contributed by atoms with Gasteiger partial charge in [0.05, 0.1) is 12.0 Å². The largest absolute Gasteiger partial charge is 0.485 e. The standard InChI is InChI=1S/C16H20FN3O3.ClH/c1-21-11-16(6-8-18-9-7-16)15-19-14(20-23-15)10-22-13-4-2-12(17)3-5-13;/h2-5,18H,6-11H2,1H3;1H. The molecule has 1 aromatic carbocycles. The van der Waals surface area contributed by atoms with Gasteiger partial charge in [-0.25, -0.2) is 4.39 Å². The van der Waals surface area contributed by atoms with E-state index in [0.717, 1.165) is 25.9 Å². The Morgan fingerprint density at radius 2 is 1.96 bits per heavy atom. The maximum absolute atomic E-state index is 12.9.